The number of rotatable bonds is 9. The van der Waals surface area contributed by atoms with E-state index in [2.05, 4.69) is 9.97 Å². The summed E-state index contributed by atoms with van der Waals surface area (Å²) in [7, 11) is -3.86. The van der Waals surface area contributed by atoms with Gasteiger partial charge in [-0.2, -0.15) is 0 Å². The van der Waals surface area contributed by atoms with Crippen LogP contribution in [0.4, 0.5) is 16.3 Å². The van der Waals surface area contributed by atoms with Crippen LogP contribution in [0.15, 0.2) is 66.0 Å². The van der Waals surface area contributed by atoms with Gasteiger partial charge in [0.1, 0.15) is 5.82 Å². The van der Waals surface area contributed by atoms with E-state index in [0.29, 0.717) is 28.3 Å². The van der Waals surface area contributed by atoms with Crippen LogP contribution in [0.3, 0.4) is 0 Å². The lowest BCUT2D eigenvalue weighted by atomic mass is 10.2. The Bertz CT molecular complexity index is 1350. The van der Waals surface area contributed by atoms with Gasteiger partial charge in [0.2, 0.25) is 15.0 Å². The van der Waals surface area contributed by atoms with Crippen LogP contribution < -0.4 is 9.80 Å². The number of halogens is 1. The molecule has 0 radical (unpaired) electrons. The Labute approximate surface area is 215 Å². The fraction of sp³-hybridized carbons (Fsp3) is 0.320. The number of sulfone groups is 1. The summed E-state index contributed by atoms with van der Waals surface area (Å²) in [5.41, 5.74) is 1.71. The number of urea groups is 1. The first-order valence-electron chi connectivity index (χ1n) is 11.4. The van der Waals surface area contributed by atoms with E-state index in [1.807, 2.05) is 0 Å². The Kier molecular flexibility index (Phi) is 7.60. The molecule has 2 amide bonds. The average Bonchev–Trinajstić information content (AvgIpc) is 2.82. The lowest BCUT2D eigenvalue weighted by Gasteiger charge is -2.36. The molecule has 0 atom stereocenters. The van der Waals surface area contributed by atoms with Crippen molar-refractivity contribution in [3.63, 3.8) is 0 Å². The summed E-state index contributed by atoms with van der Waals surface area (Å²) in [5.74, 6) is -1.34. The van der Waals surface area contributed by atoms with Gasteiger partial charge < -0.3 is 9.84 Å². The molecule has 0 spiro atoms. The molecule has 2 aromatic carbocycles. The predicted molar refractivity (Wildman–Crippen MR) is 137 cm³/mol. The summed E-state index contributed by atoms with van der Waals surface area (Å²) in [5, 5.41) is 9.88. The molecule has 1 aliphatic heterocycles. The fourth-order valence-electron chi connectivity index (χ4n) is 3.81. The number of carbonyl (C=O) groups is 1. The number of hydrogen-bond acceptors (Lipinski definition) is 7. The van der Waals surface area contributed by atoms with E-state index in [1.54, 1.807) is 54.6 Å². The van der Waals surface area contributed by atoms with Crippen molar-refractivity contribution >= 4 is 39.0 Å². The predicted octanol–water partition coefficient (Wildman–Crippen LogP) is 4.19. The van der Waals surface area contributed by atoms with E-state index >= 15 is 0 Å². The van der Waals surface area contributed by atoms with Gasteiger partial charge in [-0.3, -0.25) is 9.80 Å². The van der Waals surface area contributed by atoms with Gasteiger partial charge in [-0.1, -0.05) is 54.1 Å². The lowest BCUT2D eigenvalue weighted by Crippen LogP contribution is -2.49. The third-order valence-electron chi connectivity index (χ3n) is 5.47. The van der Waals surface area contributed by atoms with Gasteiger partial charge in [-0.15, -0.1) is 0 Å². The first-order chi connectivity index (χ1) is 17.0. The maximum Gasteiger partial charge on any atom is 0.330 e. The number of anilines is 2. The summed E-state index contributed by atoms with van der Waals surface area (Å²) in [6.45, 7) is 3.53. The minimum absolute atomic E-state index is 0.133. The average molecular weight is 531 g/mol. The molecule has 0 saturated carbocycles. The molecule has 0 aliphatic carbocycles. The van der Waals surface area contributed by atoms with Crippen molar-refractivity contribution in [1.82, 2.24) is 9.97 Å². The first kappa shape index (κ1) is 26.0. The van der Waals surface area contributed by atoms with Crippen molar-refractivity contribution in [3.8, 4) is 0 Å². The maximum atomic E-state index is 13.6. The summed E-state index contributed by atoms with van der Waals surface area (Å²) in [6, 6.07) is 15.3. The van der Waals surface area contributed by atoms with Gasteiger partial charge in [-0.05, 0) is 38.0 Å². The SMILES string of the molecule is CC(C)(O)OCCCN1C(=O)N(c2ccccc2Cl)Cc2cnc(S(=O)(=O)Cc3ccccc3)nc21. The first-order valence-corrected chi connectivity index (χ1v) is 13.4. The van der Waals surface area contributed by atoms with Crippen LogP contribution in [0.2, 0.25) is 5.02 Å². The van der Waals surface area contributed by atoms with Crippen LogP contribution >= 0.6 is 11.6 Å². The molecule has 2 heterocycles. The van der Waals surface area contributed by atoms with Crippen LogP contribution in [0.5, 0.6) is 0 Å². The summed E-state index contributed by atoms with van der Waals surface area (Å²) in [4.78, 5) is 25.0. The molecule has 1 aromatic heterocycles. The summed E-state index contributed by atoms with van der Waals surface area (Å²) < 4.78 is 31.5. The Balaban J connectivity index is 1.67. The van der Waals surface area contributed by atoms with Gasteiger partial charge >= 0.3 is 6.03 Å². The zero-order valence-electron chi connectivity index (χ0n) is 20.0. The maximum absolute atomic E-state index is 13.6. The number of hydrogen-bond donors (Lipinski definition) is 1. The van der Waals surface area contributed by atoms with Crippen LogP contribution in [-0.2, 0) is 26.9 Å². The number of carbonyl (C=O) groups excluding carboxylic acids is 1. The normalized spacial score (nSPS) is 14.2. The van der Waals surface area contributed by atoms with Gasteiger partial charge in [0.05, 0.1) is 29.6 Å². The molecule has 0 fully saturated rings. The minimum atomic E-state index is -3.86. The van der Waals surface area contributed by atoms with Crippen LogP contribution in [0.1, 0.15) is 31.4 Å². The summed E-state index contributed by atoms with van der Waals surface area (Å²) >= 11 is 6.37. The Morgan fingerprint density at radius 3 is 2.50 bits per heavy atom. The Hall–Kier alpha value is -3.05. The third kappa shape index (κ3) is 6.01. The molecule has 4 rings (SSSR count). The second kappa shape index (κ2) is 10.5. The highest BCUT2D eigenvalue weighted by Gasteiger charge is 2.35. The molecule has 3 aromatic rings. The molecule has 1 aliphatic rings. The van der Waals surface area contributed by atoms with E-state index in [-0.39, 0.29) is 36.4 Å². The number of ether oxygens (including phenoxy) is 1. The number of para-hydroxylation sites is 1. The standard InChI is InChI=1S/C25H27ClN4O5S/c1-25(2,32)35-14-8-13-29-22-19(16-30(24(29)31)21-12-7-6-11-20(21)26)15-27-23(28-22)36(33,34)17-18-9-4-3-5-10-18/h3-7,9-12,15,32H,8,13-14,16-17H2,1-2H3. The van der Waals surface area contributed by atoms with Crippen molar-refractivity contribution < 1.29 is 23.1 Å². The highest BCUT2D eigenvalue weighted by atomic mass is 35.5. The van der Waals surface area contributed by atoms with Gasteiger partial charge in [0, 0.05) is 18.3 Å². The van der Waals surface area contributed by atoms with Gasteiger partial charge in [-0.25, -0.2) is 23.2 Å². The molecular weight excluding hydrogens is 504 g/mol. The van der Waals surface area contributed by atoms with E-state index < -0.39 is 21.7 Å². The molecular formula is C25H27ClN4O5S. The zero-order chi connectivity index (χ0) is 25.9. The molecule has 190 valence electrons. The van der Waals surface area contributed by atoms with E-state index in [4.69, 9.17) is 16.3 Å². The number of aromatic nitrogens is 2. The van der Waals surface area contributed by atoms with Gasteiger partial charge in [0.25, 0.3) is 0 Å². The van der Waals surface area contributed by atoms with Gasteiger partial charge in [0.15, 0.2) is 5.79 Å². The monoisotopic (exact) mass is 530 g/mol. The second-order valence-corrected chi connectivity index (χ2v) is 11.2. The van der Waals surface area contributed by atoms with Crippen molar-refractivity contribution in [2.24, 2.45) is 0 Å². The molecule has 1 N–H and O–H groups in total. The summed E-state index contributed by atoms with van der Waals surface area (Å²) in [6.07, 6.45) is 1.82. The number of benzene rings is 2. The molecule has 0 unspecified atom stereocenters. The quantitative estimate of drug-likeness (QED) is 0.251. The van der Waals surface area contributed by atoms with E-state index in [1.165, 1.54) is 29.8 Å². The van der Waals surface area contributed by atoms with Crippen LogP contribution in [-0.4, -0.2) is 48.5 Å². The third-order valence-corrected chi connectivity index (χ3v) is 7.25. The number of amides is 2. The highest BCUT2D eigenvalue weighted by Crippen LogP contribution is 2.34. The molecule has 36 heavy (non-hydrogen) atoms. The Morgan fingerprint density at radius 1 is 1.11 bits per heavy atom. The molecule has 0 saturated heterocycles. The van der Waals surface area contributed by atoms with E-state index in [9.17, 15) is 18.3 Å². The van der Waals surface area contributed by atoms with Crippen molar-refractivity contribution in [2.75, 3.05) is 23.0 Å². The topological polar surface area (TPSA) is 113 Å². The van der Waals surface area contributed by atoms with Crippen LogP contribution in [0.25, 0.3) is 0 Å². The molecule has 0 bridgehead atoms. The Morgan fingerprint density at radius 2 is 1.81 bits per heavy atom. The number of nitrogens with zero attached hydrogens (tertiary/aromatic N) is 4. The highest BCUT2D eigenvalue weighted by molar-refractivity contribution is 7.90. The minimum Gasteiger partial charge on any atom is -0.366 e. The number of aliphatic hydroxyl groups is 1. The van der Waals surface area contributed by atoms with Crippen LogP contribution in [0, 0.1) is 0 Å². The zero-order valence-corrected chi connectivity index (χ0v) is 21.5. The second-order valence-electron chi connectivity index (χ2n) is 8.87. The largest absolute Gasteiger partial charge is 0.366 e. The fourth-order valence-corrected chi connectivity index (χ4v) is 5.25. The molecule has 9 nitrogen and oxygen atoms in total. The van der Waals surface area contributed by atoms with E-state index in [0.717, 1.165) is 0 Å². The van der Waals surface area contributed by atoms with Crippen molar-refractivity contribution in [1.29, 1.82) is 0 Å². The van der Waals surface area contributed by atoms with Crippen molar-refractivity contribution in [2.45, 2.75) is 43.5 Å². The number of fused-ring (bicyclic) bond motifs is 1. The smallest absolute Gasteiger partial charge is 0.330 e. The lowest BCUT2D eigenvalue weighted by molar-refractivity contribution is -0.175. The van der Waals surface area contributed by atoms with Crippen molar-refractivity contribution in [3.05, 3.63) is 76.9 Å². The molecule has 11 heteroatoms.